The molecule has 1 fully saturated rings. The quantitative estimate of drug-likeness (QED) is 0.530. The van der Waals surface area contributed by atoms with E-state index in [1.807, 2.05) is 42.5 Å². The van der Waals surface area contributed by atoms with Crippen LogP contribution in [0.15, 0.2) is 71.7 Å². The minimum absolute atomic E-state index is 0.0736. The molecule has 0 saturated carbocycles. The molecule has 1 amide bonds. The van der Waals surface area contributed by atoms with Crippen LogP contribution in [0.4, 0.5) is 17.1 Å². The first kappa shape index (κ1) is 21.6. The Kier molecular flexibility index (Phi) is 6.87. The maximum atomic E-state index is 13.1. The van der Waals surface area contributed by atoms with E-state index >= 15 is 0 Å². The second-order valence-corrected chi connectivity index (χ2v) is 7.89. The number of hydrogen-bond donors (Lipinski definition) is 3. The van der Waals surface area contributed by atoms with Crippen LogP contribution < -0.4 is 21.1 Å². The van der Waals surface area contributed by atoms with Gasteiger partial charge in [0.2, 0.25) is 0 Å². The first-order valence-electron chi connectivity index (χ1n) is 10.9. The molecule has 1 aliphatic rings. The number of aromatic nitrogens is 1. The van der Waals surface area contributed by atoms with Gasteiger partial charge in [0.1, 0.15) is 5.56 Å². The summed E-state index contributed by atoms with van der Waals surface area (Å²) in [6.07, 6.45) is 1.55. The third kappa shape index (κ3) is 5.18. The number of benzene rings is 2. The third-order valence-electron chi connectivity index (χ3n) is 5.64. The Bertz CT molecular complexity index is 1110. The number of ether oxygens (including phenoxy) is 1. The number of aromatic amines is 1. The van der Waals surface area contributed by atoms with Gasteiger partial charge in [-0.1, -0.05) is 43.3 Å². The van der Waals surface area contributed by atoms with Gasteiger partial charge in [-0.05, 0) is 35.7 Å². The Hall–Kier alpha value is -3.58. The van der Waals surface area contributed by atoms with E-state index in [1.54, 1.807) is 12.3 Å². The van der Waals surface area contributed by atoms with Crippen LogP contribution in [-0.4, -0.2) is 43.7 Å². The number of anilines is 3. The van der Waals surface area contributed by atoms with E-state index in [1.165, 1.54) is 5.56 Å². The van der Waals surface area contributed by atoms with Gasteiger partial charge < -0.3 is 25.3 Å². The molecule has 1 atom stereocenters. The smallest absolute Gasteiger partial charge is 0.263 e. The van der Waals surface area contributed by atoms with E-state index in [-0.39, 0.29) is 11.5 Å². The Morgan fingerprint density at radius 3 is 2.66 bits per heavy atom. The first-order chi connectivity index (χ1) is 15.6. The van der Waals surface area contributed by atoms with Gasteiger partial charge in [0.05, 0.1) is 18.9 Å². The van der Waals surface area contributed by atoms with Crippen molar-refractivity contribution in [3.63, 3.8) is 0 Å². The summed E-state index contributed by atoms with van der Waals surface area (Å²) in [7, 11) is 0. The lowest BCUT2D eigenvalue weighted by atomic mass is 10.0. The monoisotopic (exact) mass is 432 g/mol. The van der Waals surface area contributed by atoms with Gasteiger partial charge in [0, 0.05) is 37.2 Å². The SMILES string of the molecule is CC(CNc1cc[nH]c(=O)c1C(=O)Nc1cccc(N2CCOCC2)c1)c1ccccc1. The molecule has 3 N–H and O–H groups in total. The summed E-state index contributed by atoms with van der Waals surface area (Å²) in [5.74, 6) is -0.225. The fraction of sp³-hybridized carbons (Fsp3) is 0.280. The molecule has 166 valence electrons. The highest BCUT2D eigenvalue weighted by molar-refractivity contribution is 6.07. The summed E-state index contributed by atoms with van der Waals surface area (Å²) < 4.78 is 5.41. The predicted octanol–water partition coefficient (Wildman–Crippen LogP) is 3.68. The zero-order chi connectivity index (χ0) is 22.3. The number of carbonyl (C=O) groups is 1. The fourth-order valence-corrected chi connectivity index (χ4v) is 3.81. The molecule has 0 radical (unpaired) electrons. The molecule has 1 aliphatic heterocycles. The summed E-state index contributed by atoms with van der Waals surface area (Å²) in [6, 6.07) is 19.5. The zero-order valence-electron chi connectivity index (χ0n) is 18.1. The lowest BCUT2D eigenvalue weighted by Gasteiger charge is -2.29. The average Bonchev–Trinajstić information content (AvgIpc) is 2.83. The van der Waals surface area contributed by atoms with E-state index in [0.29, 0.717) is 31.1 Å². The largest absolute Gasteiger partial charge is 0.384 e. The second kappa shape index (κ2) is 10.2. The van der Waals surface area contributed by atoms with Crippen LogP contribution >= 0.6 is 0 Å². The molecule has 0 aliphatic carbocycles. The molecule has 7 nitrogen and oxygen atoms in total. The standard InChI is InChI=1S/C25H28N4O3/c1-18(19-6-3-2-4-7-19)17-27-22-10-11-26-24(30)23(22)25(31)28-20-8-5-9-21(16-20)29-12-14-32-15-13-29/h2-11,16,18H,12-15,17H2,1H3,(H,28,31)(H2,26,27,30). The van der Waals surface area contributed by atoms with E-state index in [2.05, 4.69) is 39.6 Å². The van der Waals surface area contributed by atoms with Crippen molar-refractivity contribution in [2.24, 2.45) is 0 Å². The van der Waals surface area contributed by atoms with Crippen LogP contribution in [0, 0.1) is 0 Å². The number of hydrogen-bond acceptors (Lipinski definition) is 5. The van der Waals surface area contributed by atoms with Crippen molar-refractivity contribution in [3.8, 4) is 0 Å². The minimum Gasteiger partial charge on any atom is -0.384 e. The molecule has 7 heteroatoms. The minimum atomic E-state index is -0.444. The normalized spacial score (nSPS) is 14.6. The van der Waals surface area contributed by atoms with Gasteiger partial charge in [-0.3, -0.25) is 9.59 Å². The Labute approximate surface area is 187 Å². The molecule has 4 rings (SSSR count). The summed E-state index contributed by atoms with van der Waals surface area (Å²) in [5.41, 5.74) is 3.01. The van der Waals surface area contributed by atoms with Crippen LogP contribution in [0.1, 0.15) is 28.8 Å². The molecule has 1 aromatic heterocycles. The Balaban J connectivity index is 1.48. The van der Waals surface area contributed by atoms with E-state index in [0.717, 1.165) is 18.8 Å². The van der Waals surface area contributed by atoms with E-state index < -0.39 is 11.5 Å². The maximum absolute atomic E-state index is 13.1. The van der Waals surface area contributed by atoms with Crippen molar-refractivity contribution in [1.29, 1.82) is 0 Å². The van der Waals surface area contributed by atoms with Gasteiger partial charge in [-0.25, -0.2) is 0 Å². The van der Waals surface area contributed by atoms with Crippen LogP contribution in [0.25, 0.3) is 0 Å². The molecule has 2 aromatic carbocycles. The summed E-state index contributed by atoms with van der Waals surface area (Å²) >= 11 is 0. The average molecular weight is 433 g/mol. The summed E-state index contributed by atoms with van der Waals surface area (Å²) in [5, 5.41) is 6.16. The number of nitrogens with zero attached hydrogens (tertiary/aromatic N) is 1. The summed E-state index contributed by atoms with van der Waals surface area (Å²) in [4.78, 5) is 30.4. The zero-order valence-corrected chi connectivity index (χ0v) is 18.1. The van der Waals surface area contributed by atoms with Crippen LogP contribution in [-0.2, 0) is 4.74 Å². The Morgan fingerprint density at radius 2 is 1.88 bits per heavy atom. The number of amides is 1. The lowest BCUT2D eigenvalue weighted by Crippen LogP contribution is -2.36. The van der Waals surface area contributed by atoms with Gasteiger partial charge in [0.25, 0.3) is 11.5 Å². The van der Waals surface area contributed by atoms with Crippen molar-refractivity contribution >= 4 is 23.0 Å². The number of H-pyrrole nitrogens is 1. The predicted molar refractivity (Wildman–Crippen MR) is 128 cm³/mol. The number of rotatable bonds is 7. The maximum Gasteiger partial charge on any atom is 0.263 e. The fourth-order valence-electron chi connectivity index (χ4n) is 3.81. The highest BCUT2D eigenvalue weighted by Gasteiger charge is 2.18. The van der Waals surface area contributed by atoms with Gasteiger partial charge in [0.15, 0.2) is 0 Å². The molecular weight excluding hydrogens is 404 g/mol. The number of nitrogens with one attached hydrogen (secondary N) is 3. The second-order valence-electron chi connectivity index (χ2n) is 7.89. The number of pyridine rings is 1. The van der Waals surface area contributed by atoms with Crippen molar-refractivity contribution in [1.82, 2.24) is 4.98 Å². The first-order valence-corrected chi connectivity index (χ1v) is 10.9. The van der Waals surface area contributed by atoms with Crippen LogP contribution in [0.3, 0.4) is 0 Å². The topological polar surface area (TPSA) is 86.5 Å². The molecule has 0 spiro atoms. The van der Waals surface area contributed by atoms with Crippen molar-refractivity contribution in [3.05, 3.63) is 88.3 Å². The van der Waals surface area contributed by atoms with Crippen molar-refractivity contribution in [2.45, 2.75) is 12.8 Å². The Morgan fingerprint density at radius 1 is 1.09 bits per heavy atom. The molecule has 3 aromatic rings. The molecule has 1 unspecified atom stereocenters. The highest BCUT2D eigenvalue weighted by Crippen LogP contribution is 2.22. The van der Waals surface area contributed by atoms with Gasteiger partial charge in [-0.2, -0.15) is 0 Å². The van der Waals surface area contributed by atoms with E-state index in [4.69, 9.17) is 4.74 Å². The third-order valence-corrected chi connectivity index (χ3v) is 5.64. The highest BCUT2D eigenvalue weighted by atomic mass is 16.5. The van der Waals surface area contributed by atoms with Crippen LogP contribution in [0.2, 0.25) is 0 Å². The number of morpholine rings is 1. The number of carbonyl (C=O) groups excluding carboxylic acids is 1. The van der Waals surface area contributed by atoms with Crippen molar-refractivity contribution in [2.75, 3.05) is 48.4 Å². The van der Waals surface area contributed by atoms with Crippen LogP contribution in [0.5, 0.6) is 0 Å². The molecular formula is C25H28N4O3. The lowest BCUT2D eigenvalue weighted by molar-refractivity contribution is 0.102. The summed E-state index contributed by atoms with van der Waals surface area (Å²) in [6.45, 7) is 5.69. The molecule has 2 heterocycles. The van der Waals surface area contributed by atoms with E-state index in [9.17, 15) is 9.59 Å². The van der Waals surface area contributed by atoms with Gasteiger partial charge >= 0.3 is 0 Å². The molecule has 0 bridgehead atoms. The molecule has 1 saturated heterocycles. The van der Waals surface area contributed by atoms with Crippen molar-refractivity contribution < 1.29 is 9.53 Å². The molecule has 32 heavy (non-hydrogen) atoms. The van der Waals surface area contributed by atoms with Gasteiger partial charge in [-0.15, -0.1) is 0 Å².